The largest absolute Gasteiger partial charge is 0.495 e. The predicted molar refractivity (Wildman–Crippen MR) is 59.4 cm³/mol. The molecular weight excluding hydrogens is 212 g/mol. The fourth-order valence-corrected chi connectivity index (χ4v) is 2.41. The van der Waals surface area contributed by atoms with Crippen molar-refractivity contribution in [2.24, 2.45) is 5.41 Å². The fraction of sp³-hybridized carbons (Fsp3) is 0.636. The highest BCUT2D eigenvalue weighted by Crippen LogP contribution is 2.51. The van der Waals surface area contributed by atoms with Crippen LogP contribution in [-0.4, -0.2) is 17.3 Å². The van der Waals surface area contributed by atoms with E-state index in [1.165, 1.54) is 0 Å². The smallest absolute Gasteiger partial charge is 0.155 e. The minimum atomic E-state index is 0.384. The van der Waals surface area contributed by atoms with E-state index in [9.17, 15) is 0 Å². The Kier molecular flexibility index (Phi) is 2.59. The molecule has 1 aliphatic carbocycles. The van der Waals surface area contributed by atoms with Gasteiger partial charge in [-0.1, -0.05) is 25.4 Å². The van der Waals surface area contributed by atoms with Gasteiger partial charge >= 0.3 is 0 Å². The molecule has 0 aromatic carbocycles. The molecule has 0 unspecified atom stereocenters. The maximum atomic E-state index is 5.76. The van der Waals surface area contributed by atoms with Crippen LogP contribution < -0.4 is 4.74 Å². The minimum absolute atomic E-state index is 0.384. The predicted octanol–water partition coefficient (Wildman–Crippen LogP) is 3.04. The Balaban J connectivity index is 2.22. The summed E-state index contributed by atoms with van der Waals surface area (Å²) >= 11 is 5.76. The highest BCUT2D eigenvalue weighted by Gasteiger charge is 2.39. The molecule has 0 saturated heterocycles. The molecule has 15 heavy (non-hydrogen) atoms. The molecule has 82 valence electrons. The van der Waals surface area contributed by atoms with Crippen molar-refractivity contribution >= 4 is 11.6 Å². The molecule has 1 aromatic heterocycles. The summed E-state index contributed by atoms with van der Waals surface area (Å²) in [5, 5.41) is 8.39. The lowest BCUT2D eigenvalue weighted by atomic mass is 9.63. The van der Waals surface area contributed by atoms with Gasteiger partial charge in [0.2, 0.25) is 0 Å². The molecule has 0 atom stereocenters. The van der Waals surface area contributed by atoms with Gasteiger partial charge in [-0.3, -0.25) is 0 Å². The second-order valence-electron chi connectivity index (χ2n) is 4.89. The van der Waals surface area contributed by atoms with Gasteiger partial charge < -0.3 is 4.74 Å². The molecule has 1 saturated carbocycles. The van der Waals surface area contributed by atoms with Crippen LogP contribution in [0.25, 0.3) is 0 Å². The molecule has 4 heteroatoms. The zero-order valence-electron chi connectivity index (χ0n) is 9.25. The second-order valence-corrected chi connectivity index (χ2v) is 5.28. The van der Waals surface area contributed by atoms with E-state index in [1.54, 1.807) is 13.2 Å². The minimum Gasteiger partial charge on any atom is -0.495 e. The van der Waals surface area contributed by atoms with Crippen molar-refractivity contribution in [3.8, 4) is 5.75 Å². The van der Waals surface area contributed by atoms with Crippen LogP contribution in [-0.2, 0) is 0 Å². The van der Waals surface area contributed by atoms with Crippen molar-refractivity contribution < 1.29 is 4.74 Å². The molecule has 0 amide bonds. The third kappa shape index (κ3) is 2.07. The second kappa shape index (κ2) is 3.63. The summed E-state index contributed by atoms with van der Waals surface area (Å²) in [6.07, 6.45) is 2.28. The van der Waals surface area contributed by atoms with E-state index in [0.29, 0.717) is 16.5 Å². The Labute approximate surface area is 94.8 Å². The van der Waals surface area contributed by atoms with Gasteiger partial charge in [0, 0.05) is 12.0 Å². The summed E-state index contributed by atoms with van der Waals surface area (Å²) in [7, 11) is 1.64. The van der Waals surface area contributed by atoms with Gasteiger partial charge in [-0.05, 0) is 18.3 Å². The van der Waals surface area contributed by atoms with E-state index in [-0.39, 0.29) is 0 Å². The molecule has 0 spiro atoms. The maximum absolute atomic E-state index is 5.76. The fourth-order valence-electron chi connectivity index (χ4n) is 2.28. The Morgan fingerprint density at radius 3 is 2.60 bits per heavy atom. The molecular formula is C11H15ClN2O. The van der Waals surface area contributed by atoms with E-state index < -0.39 is 0 Å². The molecule has 3 nitrogen and oxygen atoms in total. The molecule has 0 aliphatic heterocycles. The number of aromatic nitrogens is 2. The van der Waals surface area contributed by atoms with Gasteiger partial charge in [-0.15, -0.1) is 10.2 Å². The number of nitrogens with zero attached hydrogens (tertiary/aromatic N) is 2. The van der Waals surface area contributed by atoms with Crippen LogP contribution >= 0.6 is 11.6 Å². The lowest BCUT2D eigenvalue weighted by Crippen LogP contribution is -2.30. The number of hydrogen-bond acceptors (Lipinski definition) is 3. The quantitative estimate of drug-likeness (QED) is 0.778. The summed E-state index contributed by atoms with van der Waals surface area (Å²) in [5.41, 5.74) is 1.37. The first-order valence-electron chi connectivity index (χ1n) is 5.09. The van der Waals surface area contributed by atoms with Gasteiger partial charge in [0.05, 0.1) is 7.11 Å². The van der Waals surface area contributed by atoms with Crippen molar-refractivity contribution in [3.05, 3.63) is 16.9 Å². The van der Waals surface area contributed by atoms with Crippen molar-refractivity contribution in [1.82, 2.24) is 10.2 Å². The highest BCUT2D eigenvalue weighted by molar-refractivity contribution is 6.29. The van der Waals surface area contributed by atoms with Gasteiger partial charge in [-0.25, -0.2) is 0 Å². The summed E-state index contributed by atoms with van der Waals surface area (Å²) < 4.78 is 5.26. The molecule has 2 rings (SSSR count). The normalized spacial score (nSPS) is 19.7. The van der Waals surface area contributed by atoms with Crippen LogP contribution in [0.4, 0.5) is 0 Å². The van der Waals surface area contributed by atoms with E-state index in [1.807, 2.05) is 0 Å². The Bertz CT molecular complexity index is 371. The summed E-state index contributed by atoms with van der Waals surface area (Å²) in [6.45, 7) is 4.53. The van der Waals surface area contributed by atoms with Crippen molar-refractivity contribution in [2.45, 2.75) is 32.6 Å². The van der Waals surface area contributed by atoms with Crippen LogP contribution in [0.3, 0.4) is 0 Å². The van der Waals surface area contributed by atoms with Crippen LogP contribution in [0.5, 0.6) is 5.75 Å². The SMILES string of the molecule is COc1cc(Cl)nnc1C1CC(C)(C)C1. The zero-order chi connectivity index (χ0) is 11.1. The van der Waals surface area contributed by atoms with Gasteiger partial charge in [0.25, 0.3) is 0 Å². The number of ether oxygens (including phenoxy) is 1. The average Bonchev–Trinajstić information content (AvgIpc) is 2.14. The average molecular weight is 227 g/mol. The third-order valence-corrected chi connectivity index (χ3v) is 3.15. The Morgan fingerprint density at radius 1 is 1.40 bits per heavy atom. The molecule has 1 fully saturated rings. The van der Waals surface area contributed by atoms with E-state index in [0.717, 1.165) is 24.3 Å². The van der Waals surface area contributed by atoms with Crippen LogP contribution in [0.15, 0.2) is 6.07 Å². The standard InChI is InChI=1S/C11H15ClN2O/c1-11(2)5-7(6-11)10-8(15-3)4-9(12)13-14-10/h4,7H,5-6H2,1-3H3. The first-order valence-corrected chi connectivity index (χ1v) is 5.47. The monoisotopic (exact) mass is 226 g/mol. The zero-order valence-corrected chi connectivity index (χ0v) is 10.0. The van der Waals surface area contributed by atoms with E-state index >= 15 is 0 Å². The molecule has 1 aliphatic rings. The topological polar surface area (TPSA) is 35.0 Å². The van der Waals surface area contributed by atoms with Gasteiger partial charge in [-0.2, -0.15) is 0 Å². The Hall–Kier alpha value is -0.830. The Morgan fingerprint density at radius 2 is 2.07 bits per heavy atom. The van der Waals surface area contributed by atoms with Gasteiger partial charge in [0.1, 0.15) is 11.4 Å². The van der Waals surface area contributed by atoms with Gasteiger partial charge in [0.15, 0.2) is 5.15 Å². The van der Waals surface area contributed by atoms with Crippen LogP contribution in [0.1, 0.15) is 38.3 Å². The first kappa shape index (κ1) is 10.7. The number of methoxy groups -OCH3 is 1. The maximum Gasteiger partial charge on any atom is 0.155 e. The van der Waals surface area contributed by atoms with E-state index in [4.69, 9.17) is 16.3 Å². The van der Waals surface area contributed by atoms with Crippen LogP contribution in [0, 0.1) is 5.41 Å². The molecule has 1 heterocycles. The molecule has 0 N–H and O–H groups in total. The summed E-state index contributed by atoms with van der Waals surface area (Å²) in [6, 6.07) is 1.73. The number of hydrogen-bond donors (Lipinski definition) is 0. The first-order chi connectivity index (χ1) is 7.02. The van der Waals surface area contributed by atoms with Crippen molar-refractivity contribution in [1.29, 1.82) is 0 Å². The van der Waals surface area contributed by atoms with Crippen LogP contribution in [0.2, 0.25) is 5.15 Å². The summed E-state index contributed by atoms with van der Waals surface area (Å²) in [4.78, 5) is 0. The summed E-state index contributed by atoms with van der Waals surface area (Å²) in [5.74, 6) is 1.23. The number of halogens is 1. The highest BCUT2D eigenvalue weighted by atomic mass is 35.5. The lowest BCUT2D eigenvalue weighted by Gasteiger charge is -2.42. The molecule has 0 radical (unpaired) electrons. The number of rotatable bonds is 2. The molecule has 0 bridgehead atoms. The van der Waals surface area contributed by atoms with E-state index in [2.05, 4.69) is 24.0 Å². The van der Waals surface area contributed by atoms with Crippen molar-refractivity contribution in [2.75, 3.05) is 7.11 Å². The molecule has 1 aromatic rings. The lowest BCUT2D eigenvalue weighted by molar-refractivity contribution is 0.145. The third-order valence-electron chi connectivity index (χ3n) is 2.96. The van der Waals surface area contributed by atoms with Crippen molar-refractivity contribution in [3.63, 3.8) is 0 Å².